The van der Waals surface area contributed by atoms with Crippen LogP contribution in [0.5, 0.6) is 0 Å². The SMILES string of the molecule is C[C@H](OC(=O)CCNC(=O)CCC(=O)c1ccccc1)C(=O)Nc1ccc(F)cc1. The molecule has 0 saturated carbocycles. The van der Waals surface area contributed by atoms with Crippen molar-refractivity contribution >= 4 is 29.3 Å². The van der Waals surface area contributed by atoms with Gasteiger partial charge in [-0.25, -0.2) is 4.39 Å². The first kappa shape index (κ1) is 22.7. The van der Waals surface area contributed by atoms with E-state index >= 15 is 0 Å². The van der Waals surface area contributed by atoms with Crippen molar-refractivity contribution in [3.63, 3.8) is 0 Å². The summed E-state index contributed by atoms with van der Waals surface area (Å²) in [6.07, 6.45) is -1.09. The van der Waals surface area contributed by atoms with Crippen LogP contribution in [0.25, 0.3) is 0 Å². The standard InChI is InChI=1S/C22H23FN2O5/c1-15(22(29)25-18-9-7-17(23)8-10-18)30-21(28)13-14-24-20(27)12-11-19(26)16-5-3-2-4-6-16/h2-10,15H,11-14H2,1H3,(H,24,27)(H,25,29)/t15-/m0/s1. The number of carbonyl (C=O) groups excluding carboxylic acids is 4. The van der Waals surface area contributed by atoms with Gasteiger partial charge in [0.15, 0.2) is 11.9 Å². The first-order chi connectivity index (χ1) is 14.3. The van der Waals surface area contributed by atoms with E-state index in [0.717, 1.165) is 0 Å². The Hall–Kier alpha value is -3.55. The average Bonchev–Trinajstić information content (AvgIpc) is 2.74. The summed E-state index contributed by atoms with van der Waals surface area (Å²) >= 11 is 0. The molecule has 0 unspecified atom stereocenters. The number of halogens is 1. The third-order valence-corrected chi connectivity index (χ3v) is 4.12. The molecule has 2 amide bonds. The Balaban J connectivity index is 1.63. The first-order valence-electron chi connectivity index (χ1n) is 9.46. The van der Waals surface area contributed by atoms with Crippen LogP contribution in [0, 0.1) is 5.82 Å². The van der Waals surface area contributed by atoms with Crippen molar-refractivity contribution < 1.29 is 28.3 Å². The number of ketones is 1. The van der Waals surface area contributed by atoms with Crippen LogP contribution in [0.1, 0.15) is 36.5 Å². The minimum absolute atomic E-state index is 0.0131. The molecular weight excluding hydrogens is 391 g/mol. The zero-order valence-corrected chi connectivity index (χ0v) is 16.5. The lowest BCUT2D eigenvalue weighted by Gasteiger charge is -2.13. The van der Waals surface area contributed by atoms with E-state index in [1.165, 1.54) is 31.2 Å². The second kappa shape index (κ2) is 11.5. The average molecular weight is 414 g/mol. The van der Waals surface area contributed by atoms with Crippen LogP contribution in [0.4, 0.5) is 10.1 Å². The lowest BCUT2D eigenvalue weighted by molar-refractivity contribution is -0.153. The highest BCUT2D eigenvalue weighted by atomic mass is 19.1. The summed E-state index contributed by atoms with van der Waals surface area (Å²) in [6, 6.07) is 13.8. The van der Waals surface area contributed by atoms with Crippen molar-refractivity contribution in [1.29, 1.82) is 0 Å². The Kier molecular flexibility index (Phi) is 8.68. The van der Waals surface area contributed by atoms with Crippen molar-refractivity contribution in [3.05, 3.63) is 66.0 Å². The van der Waals surface area contributed by atoms with Crippen LogP contribution in [0.15, 0.2) is 54.6 Å². The number of benzene rings is 2. The molecule has 1 atom stereocenters. The van der Waals surface area contributed by atoms with E-state index < -0.39 is 23.8 Å². The van der Waals surface area contributed by atoms with Gasteiger partial charge < -0.3 is 15.4 Å². The minimum atomic E-state index is -1.05. The minimum Gasteiger partial charge on any atom is -0.452 e. The van der Waals surface area contributed by atoms with Crippen LogP contribution < -0.4 is 10.6 Å². The number of carbonyl (C=O) groups is 4. The maximum absolute atomic E-state index is 12.9. The topological polar surface area (TPSA) is 102 Å². The largest absolute Gasteiger partial charge is 0.452 e. The molecule has 0 spiro atoms. The van der Waals surface area contributed by atoms with Gasteiger partial charge in [-0.15, -0.1) is 0 Å². The van der Waals surface area contributed by atoms with Crippen molar-refractivity contribution in [2.75, 3.05) is 11.9 Å². The van der Waals surface area contributed by atoms with Gasteiger partial charge in [0.05, 0.1) is 6.42 Å². The number of amides is 2. The quantitative estimate of drug-likeness (QED) is 0.460. The molecule has 0 saturated heterocycles. The van der Waals surface area contributed by atoms with E-state index in [1.54, 1.807) is 30.3 Å². The molecule has 2 N–H and O–H groups in total. The number of anilines is 1. The number of esters is 1. The van der Waals surface area contributed by atoms with Gasteiger partial charge in [0.25, 0.3) is 5.91 Å². The maximum atomic E-state index is 12.9. The zero-order valence-electron chi connectivity index (χ0n) is 16.5. The second-order valence-electron chi connectivity index (χ2n) is 6.52. The molecule has 0 aliphatic heterocycles. The Labute approximate surface area is 173 Å². The zero-order chi connectivity index (χ0) is 21.9. The maximum Gasteiger partial charge on any atom is 0.308 e. The Bertz CT molecular complexity index is 884. The molecule has 0 fully saturated rings. The molecule has 8 heteroatoms. The molecule has 0 bridgehead atoms. The molecule has 7 nitrogen and oxygen atoms in total. The molecule has 0 aliphatic rings. The third kappa shape index (κ3) is 7.83. The summed E-state index contributed by atoms with van der Waals surface area (Å²) < 4.78 is 17.9. The normalized spacial score (nSPS) is 11.3. The van der Waals surface area contributed by atoms with Gasteiger partial charge in [-0.3, -0.25) is 19.2 Å². The highest BCUT2D eigenvalue weighted by Crippen LogP contribution is 2.09. The molecule has 158 valence electrons. The van der Waals surface area contributed by atoms with Crippen LogP contribution in [-0.2, 0) is 19.1 Å². The number of ether oxygens (including phenoxy) is 1. The van der Waals surface area contributed by atoms with Gasteiger partial charge in [0, 0.05) is 30.6 Å². The van der Waals surface area contributed by atoms with Crippen molar-refractivity contribution in [1.82, 2.24) is 5.32 Å². The summed E-state index contributed by atoms with van der Waals surface area (Å²) in [5.74, 6) is -2.13. The monoisotopic (exact) mass is 414 g/mol. The Morgan fingerprint density at radius 3 is 2.27 bits per heavy atom. The number of nitrogens with one attached hydrogen (secondary N) is 2. The molecule has 0 radical (unpaired) electrons. The first-order valence-corrected chi connectivity index (χ1v) is 9.46. The summed E-state index contributed by atoms with van der Waals surface area (Å²) in [4.78, 5) is 47.6. The van der Waals surface area contributed by atoms with E-state index in [4.69, 9.17) is 4.74 Å². The molecular formula is C22H23FN2O5. The molecule has 2 aromatic carbocycles. The smallest absolute Gasteiger partial charge is 0.308 e. The summed E-state index contributed by atoms with van der Waals surface area (Å²) in [5, 5.41) is 5.04. The van der Waals surface area contributed by atoms with Gasteiger partial charge in [-0.2, -0.15) is 0 Å². The number of hydrogen-bond acceptors (Lipinski definition) is 5. The summed E-state index contributed by atoms with van der Waals surface area (Å²) in [5.41, 5.74) is 0.920. The number of hydrogen-bond donors (Lipinski definition) is 2. The molecule has 0 aromatic heterocycles. The predicted octanol–water partition coefficient (Wildman–Crippen LogP) is 2.87. The highest BCUT2D eigenvalue weighted by molar-refractivity contribution is 5.98. The molecule has 2 aromatic rings. The van der Waals surface area contributed by atoms with E-state index in [2.05, 4.69) is 10.6 Å². The van der Waals surface area contributed by atoms with Crippen LogP contribution >= 0.6 is 0 Å². The highest BCUT2D eigenvalue weighted by Gasteiger charge is 2.18. The van der Waals surface area contributed by atoms with E-state index in [1.807, 2.05) is 0 Å². The van der Waals surface area contributed by atoms with Crippen LogP contribution in [0.2, 0.25) is 0 Å². The van der Waals surface area contributed by atoms with Crippen molar-refractivity contribution in [3.8, 4) is 0 Å². The summed E-state index contributed by atoms with van der Waals surface area (Å²) in [7, 11) is 0. The lowest BCUT2D eigenvalue weighted by Crippen LogP contribution is -2.32. The molecule has 0 aliphatic carbocycles. The Morgan fingerprint density at radius 2 is 1.60 bits per heavy atom. The second-order valence-corrected chi connectivity index (χ2v) is 6.52. The van der Waals surface area contributed by atoms with E-state index in [-0.39, 0.29) is 37.5 Å². The third-order valence-electron chi connectivity index (χ3n) is 4.12. The van der Waals surface area contributed by atoms with Gasteiger partial charge in [-0.05, 0) is 31.2 Å². The van der Waals surface area contributed by atoms with Crippen LogP contribution in [0.3, 0.4) is 0 Å². The summed E-state index contributed by atoms with van der Waals surface area (Å²) in [6.45, 7) is 1.44. The van der Waals surface area contributed by atoms with Crippen molar-refractivity contribution in [2.24, 2.45) is 0 Å². The van der Waals surface area contributed by atoms with Gasteiger partial charge in [0.2, 0.25) is 5.91 Å². The lowest BCUT2D eigenvalue weighted by atomic mass is 10.1. The van der Waals surface area contributed by atoms with Gasteiger partial charge in [-0.1, -0.05) is 30.3 Å². The molecule has 30 heavy (non-hydrogen) atoms. The van der Waals surface area contributed by atoms with Crippen molar-refractivity contribution in [2.45, 2.75) is 32.3 Å². The van der Waals surface area contributed by atoms with Gasteiger partial charge in [0.1, 0.15) is 5.82 Å². The number of rotatable bonds is 10. The fourth-order valence-electron chi connectivity index (χ4n) is 2.47. The fourth-order valence-corrected chi connectivity index (χ4v) is 2.47. The van der Waals surface area contributed by atoms with Gasteiger partial charge >= 0.3 is 5.97 Å². The van der Waals surface area contributed by atoms with E-state index in [0.29, 0.717) is 11.3 Å². The Morgan fingerprint density at radius 1 is 0.933 bits per heavy atom. The van der Waals surface area contributed by atoms with Crippen LogP contribution in [-0.4, -0.2) is 36.2 Å². The molecule has 2 rings (SSSR count). The fraction of sp³-hybridized carbons (Fsp3) is 0.273. The predicted molar refractivity (Wildman–Crippen MR) is 108 cm³/mol. The van der Waals surface area contributed by atoms with E-state index in [9.17, 15) is 23.6 Å². The number of Topliss-reactive ketones (excluding diaryl/α,β-unsaturated/α-hetero) is 1. The molecule has 0 heterocycles.